The lowest BCUT2D eigenvalue weighted by atomic mass is 10.1. The summed E-state index contributed by atoms with van der Waals surface area (Å²) in [4.78, 5) is 13.6. The van der Waals surface area contributed by atoms with Crippen molar-refractivity contribution in [2.75, 3.05) is 13.3 Å². The summed E-state index contributed by atoms with van der Waals surface area (Å²) < 4.78 is 25.7. The normalized spacial score (nSPS) is 12.6. The Bertz CT molecular complexity index is 832. The number of thioether (sulfide) groups is 1. The molecule has 2 N–H and O–H groups in total. The first-order valence-electron chi connectivity index (χ1n) is 8.31. The van der Waals surface area contributed by atoms with Gasteiger partial charge in [0.15, 0.2) is 0 Å². The summed E-state index contributed by atoms with van der Waals surface area (Å²) in [6.45, 7) is 1.96. The van der Waals surface area contributed by atoms with Gasteiger partial charge in [-0.2, -0.15) is 0 Å². The largest absolute Gasteiger partial charge is 0.350 e. The molecule has 0 spiro atoms. The van der Waals surface area contributed by atoms with E-state index in [0.717, 1.165) is 11.1 Å². The van der Waals surface area contributed by atoms with Crippen LogP contribution in [-0.4, -0.2) is 27.6 Å². The van der Waals surface area contributed by atoms with E-state index >= 15 is 0 Å². The first-order chi connectivity index (χ1) is 12.4. The van der Waals surface area contributed by atoms with E-state index < -0.39 is 10.0 Å². The van der Waals surface area contributed by atoms with Crippen molar-refractivity contribution in [1.29, 1.82) is 0 Å². The first-order valence-corrected chi connectivity index (χ1v) is 11.0. The van der Waals surface area contributed by atoms with Gasteiger partial charge in [-0.3, -0.25) is 4.79 Å². The van der Waals surface area contributed by atoms with Crippen LogP contribution in [-0.2, 0) is 21.2 Å². The number of sulfonamides is 1. The Morgan fingerprint density at radius 1 is 1.08 bits per heavy atom. The van der Waals surface area contributed by atoms with Crippen LogP contribution in [0.3, 0.4) is 0 Å². The van der Waals surface area contributed by atoms with Crippen LogP contribution in [0.1, 0.15) is 30.5 Å². The molecule has 0 bridgehead atoms. The molecule has 0 radical (unpaired) electrons. The number of benzene rings is 2. The smallest absolute Gasteiger partial charge is 0.240 e. The van der Waals surface area contributed by atoms with Crippen LogP contribution in [0.2, 0.25) is 0 Å². The van der Waals surface area contributed by atoms with E-state index in [2.05, 4.69) is 10.0 Å². The number of carbonyl (C=O) groups excluding carboxylic acids is 1. The lowest BCUT2D eigenvalue weighted by Crippen LogP contribution is -2.26. The van der Waals surface area contributed by atoms with Gasteiger partial charge in [0.2, 0.25) is 15.9 Å². The number of rotatable bonds is 8. The maximum atomic E-state index is 12.2. The van der Waals surface area contributed by atoms with Gasteiger partial charge in [0.1, 0.15) is 0 Å². The third-order valence-electron chi connectivity index (χ3n) is 4.14. The van der Waals surface area contributed by atoms with Gasteiger partial charge in [0.05, 0.1) is 10.9 Å². The summed E-state index contributed by atoms with van der Waals surface area (Å²) in [6, 6.07) is 14.7. The van der Waals surface area contributed by atoms with Crippen molar-refractivity contribution in [2.45, 2.75) is 35.6 Å². The highest BCUT2D eigenvalue weighted by atomic mass is 32.2. The minimum Gasteiger partial charge on any atom is -0.350 e. The lowest BCUT2D eigenvalue weighted by Gasteiger charge is -2.15. The number of hydrogen-bond acceptors (Lipinski definition) is 4. The highest BCUT2D eigenvalue weighted by Crippen LogP contribution is 2.19. The summed E-state index contributed by atoms with van der Waals surface area (Å²) >= 11 is 1.68. The Labute approximate surface area is 159 Å². The van der Waals surface area contributed by atoms with E-state index in [9.17, 15) is 13.2 Å². The van der Waals surface area contributed by atoms with Crippen molar-refractivity contribution in [2.24, 2.45) is 0 Å². The van der Waals surface area contributed by atoms with Crippen LogP contribution < -0.4 is 10.0 Å². The Hall–Kier alpha value is -1.83. The molecule has 26 heavy (non-hydrogen) atoms. The highest BCUT2D eigenvalue weighted by molar-refractivity contribution is 7.98. The Morgan fingerprint density at radius 3 is 2.23 bits per heavy atom. The zero-order valence-electron chi connectivity index (χ0n) is 15.2. The molecule has 1 amide bonds. The summed E-state index contributed by atoms with van der Waals surface area (Å²) in [7, 11) is -2.05. The molecule has 0 aromatic heterocycles. The molecule has 1 atom stereocenters. The third kappa shape index (κ3) is 5.59. The van der Waals surface area contributed by atoms with Gasteiger partial charge in [-0.1, -0.05) is 24.3 Å². The molecule has 5 nitrogen and oxygen atoms in total. The molecule has 0 saturated heterocycles. The molecule has 0 aliphatic rings. The second kappa shape index (κ2) is 9.21. The predicted molar refractivity (Wildman–Crippen MR) is 106 cm³/mol. The van der Waals surface area contributed by atoms with Crippen molar-refractivity contribution < 1.29 is 13.2 Å². The maximum absolute atomic E-state index is 12.2. The molecule has 2 aromatic carbocycles. The topological polar surface area (TPSA) is 75.3 Å². The van der Waals surface area contributed by atoms with Gasteiger partial charge < -0.3 is 5.32 Å². The van der Waals surface area contributed by atoms with Crippen LogP contribution in [0, 0.1) is 0 Å². The number of hydrogen-bond donors (Lipinski definition) is 2. The zero-order valence-corrected chi connectivity index (χ0v) is 16.8. The number of nitrogens with one attached hydrogen (secondary N) is 2. The Balaban J connectivity index is 1.88. The fourth-order valence-electron chi connectivity index (χ4n) is 2.50. The minimum absolute atomic E-state index is 0.0293. The van der Waals surface area contributed by atoms with Gasteiger partial charge in [-0.25, -0.2) is 13.1 Å². The van der Waals surface area contributed by atoms with Crippen LogP contribution in [0.4, 0.5) is 0 Å². The summed E-state index contributed by atoms with van der Waals surface area (Å²) in [5.41, 5.74) is 1.99. The summed E-state index contributed by atoms with van der Waals surface area (Å²) in [5.74, 6) is -0.0293. The van der Waals surface area contributed by atoms with Gasteiger partial charge in [-0.05, 0) is 62.0 Å². The molecule has 0 aliphatic heterocycles. The van der Waals surface area contributed by atoms with E-state index in [1.165, 1.54) is 11.9 Å². The summed E-state index contributed by atoms with van der Waals surface area (Å²) in [5, 5.41) is 3.00. The van der Waals surface area contributed by atoms with Gasteiger partial charge >= 0.3 is 0 Å². The molecule has 0 aliphatic carbocycles. The van der Waals surface area contributed by atoms with Crippen molar-refractivity contribution in [3.63, 3.8) is 0 Å². The number of aryl methyl sites for hydroxylation is 1. The molecule has 2 aromatic rings. The van der Waals surface area contributed by atoms with Crippen LogP contribution in [0.5, 0.6) is 0 Å². The maximum Gasteiger partial charge on any atom is 0.240 e. The fourth-order valence-corrected chi connectivity index (χ4v) is 3.64. The number of carbonyl (C=O) groups is 1. The van der Waals surface area contributed by atoms with Crippen LogP contribution in [0.25, 0.3) is 0 Å². The second-order valence-electron chi connectivity index (χ2n) is 5.91. The lowest BCUT2D eigenvalue weighted by molar-refractivity contribution is -0.121. The van der Waals surface area contributed by atoms with Gasteiger partial charge in [0.25, 0.3) is 0 Å². The van der Waals surface area contributed by atoms with E-state index in [1.54, 1.807) is 36.0 Å². The van der Waals surface area contributed by atoms with Gasteiger partial charge in [0, 0.05) is 11.3 Å². The Kier molecular flexibility index (Phi) is 7.25. The highest BCUT2D eigenvalue weighted by Gasteiger charge is 2.12. The van der Waals surface area contributed by atoms with E-state index in [1.807, 2.05) is 37.4 Å². The predicted octanol–water partition coefficient (Wildman–Crippen LogP) is 3.13. The van der Waals surface area contributed by atoms with Gasteiger partial charge in [-0.15, -0.1) is 11.8 Å². The van der Waals surface area contributed by atoms with Crippen molar-refractivity contribution in [3.8, 4) is 0 Å². The van der Waals surface area contributed by atoms with E-state index in [4.69, 9.17) is 0 Å². The molecule has 0 saturated carbocycles. The monoisotopic (exact) mass is 392 g/mol. The molecule has 140 valence electrons. The second-order valence-corrected chi connectivity index (χ2v) is 8.68. The molecule has 0 unspecified atom stereocenters. The van der Waals surface area contributed by atoms with E-state index in [0.29, 0.717) is 12.8 Å². The average molecular weight is 393 g/mol. The molecule has 0 fully saturated rings. The van der Waals surface area contributed by atoms with E-state index in [-0.39, 0.29) is 16.8 Å². The van der Waals surface area contributed by atoms with Crippen molar-refractivity contribution in [1.82, 2.24) is 10.0 Å². The fraction of sp³-hybridized carbons (Fsp3) is 0.316. The standard InChI is InChI=1S/C19H24N2O3S2/c1-14(16-7-9-17(25-3)10-8-16)21-19(22)13-6-15-4-11-18(12-5-15)26(23,24)20-2/h4-5,7-12,14,20H,6,13H2,1-3H3,(H,21,22)/t14-/m1/s1. The quantitative estimate of drug-likeness (QED) is 0.677. The van der Waals surface area contributed by atoms with Crippen LogP contribution in [0.15, 0.2) is 58.3 Å². The Morgan fingerprint density at radius 2 is 1.69 bits per heavy atom. The molecule has 7 heteroatoms. The molecular formula is C19H24N2O3S2. The zero-order chi connectivity index (χ0) is 19.2. The van der Waals surface area contributed by atoms with Crippen molar-refractivity contribution >= 4 is 27.7 Å². The third-order valence-corrected chi connectivity index (χ3v) is 6.31. The molecule has 0 heterocycles. The SMILES string of the molecule is CNS(=O)(=O)c1ccc(CCC(=O)N[C@H](C)c2ccc(SC)cc2)cc1. The first kappa shape index (κ1) is 20.5. The van der Waals surface area contributed by atoms with Crippen LogP contribution >= 0.6 is 11.8 Å². The summed E-state index contributed by atoms with van der Waals surface area (Å²) in [6.07, 6.45) is 2.94. The molecular weight excluding hydrogens is 368 g/mol. The number of amides is 1. The van der Waals surface area contributed by atoms with Crippen molar-refractivity contribution in [3.05, 3.63) is 59.7 Å². The minimum atomic E-state index is -3.43. The average Bonchev–Trinajstić information content (AvgIpc) is 2.66. The molecule has 2 rings (SSSR count).